The summed E-state index contributed by atoms with van der Waals surface area (Å²) in [5.41, 5.74) is 4.18. The minimum atomic E-state index is -0.361. The summed E-state index contributed by atoms with van der Waals surface area (Å²) in [5, 5.41) is 15.1. The van der Waals surface area contributed by atoms with Crippen LogP contribution in [0.25, 0.3) is 10.4 Å². The van der Waals surface area contributed by atoms with Gasteiger partial charge in [0, 0.05) is 45.1 Å². The summed E-state index contributed by atoms with van der Waals surface area (Å²) in [6.07, 6.45) is 6.18. The Kier molecular flexibility index (Phi) is 14.4. The third-order valence-corrected chi connectivity index (χ3v) is 7.65. The molecule has 8 nitrogen and oxygen atoms in total. The molecule has 0 bridgehead atoms. The van der Waals surface area contributed by atoms with E-state index < -0.39 is 0 Å². The van der Waals surface area contributed by atoms with E-state index in [9.17, 15) is 19.5 Å². The zero-order valence-corrected chi connectivity index (χ0v) is 27.1. The van der Waals surface area contributed by atoms with E-state index in [1.165, 1.54) is 19.4 Å². The van der Waals surface area contributed by atoms with Crippen LogP contribution >= 0.6 is 11.3 Å². The Morgan fingerprint density at radius 2 is 1.95 bits per heavy atom. The monoisotopic (exact) mass is 714 g/mol. The van der Waals surface area contributed by atoms with Crippen LogP contribution in [0, 0.1) is 18.3 Å². The predicted molar refractivity (Wildman–Crippen MR) is 148 cm³/mol. The number of aryl methyl sites for hydroxylation is 1. The van der Waals surface area contributed by atoms with E-state index in [0.29, 0.717) is 18.5 Å². The number of aromatic hydroxyl groups is 1. The topological polar surface area (TPSA) is 112 Å². The predicted octanol–water partition coefficient (Wildman–Crippen LogP) is 4.29. The minimum Gasteiger partial charge on any atom is -0.508 e. The van der Waals surface area contributed by atoms with Crippen molar-refractivity contribution in [1.29, 1.82) is 0 Å². The molecule has 1 saturated heterocycles. The second kappa shape index (κ2) is 16.1. The molecule has 2 heterocycles. The van der Waals surface area contributed by atoms with Gasteiger partial charge in [-0.15, -0.1) is 11.3 Å². The number of likely N-dealkylation sites (tertiary alicyclic amines) is 1. The molecule has 1 aromatic heterocycles. The molecule has 2 atom stereocenters. The minimum absolute atomic E-state index is 0. The number of phenols is 1. The van der Waals surface area contributed by atoms with E-state index in [0.717, 1.165) is 41.3 Å². The summed E-state index contributed by atoms with van der Waals surface area (Å²) < 4.78 is 0. The van der Waals surface area contributed by atoms with Gasteiger partial charge in [-0.2, -0.15) is 0 Å². The van der Waals surface area contributed by atoms with Crippen molar-refractivity contribution in [2.45, 2.75) is 78.9 Å². The molecule has 1 saturated carbocycles. The van der Waals surface area contributed by atoms with Gasteiger partial charge in [0.05, 0.1) is 22.1 Å². The van der Waals surface area contributed by atoms with E-state index in [4.69, 9.17) is 0 Å². The fourth-order valence-electron chi connectivity index (χ4n) is 3.73. The van der Waals surface area contributed by atoms with Crippen LogP contribution in [0.1, 0.15) is 64.6 Å². The molecule has 1 aliphatic carbocycles. The third-order valence-electron chi connectivity index (χ3n) is 6.67. The number of aldehydes is 1. The average Bonchev–Trinajstić information content (AvgIpc) is 3.52. The molecule has 2 fully saturated rings. The number of benzene rings is 1. The normalized spacial score (nSPS) is 17.5. The Morgan fingerprint density at radius 3 is 2.34 bits per heavy atom. The second-order valence-corrected chi connectivity index (χ2v) is 11.7. The van der Waals surface area contributed by atoms with Crippen LogP contribution in [0.4, 0.5) is 0 Å². The molecule has 10 heteroatoms. The number of carbonyl (C=O) groups is 3. The van der Waals surface area contributed by atoms with Gasteiger partial charge in [-0.05, 0) is 70.2 Å². The van der Waals surface area contributed by atoms with Crippen LogP contribution in [-0.2, 0) is 42.0 Å². The summed E-state index contributed by atoms with van der Waals surface area (Å²) in [5.74, 6) is 0.390. The number of amides is 2. The van der Waals surface area contributed by atoms with Crippen LogP contribution < -0.4 is 10.6 Å². The number of aromatic nitrogens is 1. The largest absolute Gasteiger partial charge is 0.508 e. The Morgan fingerprint density at radius 1 is 1.26 bits per heavy atom. The number of thiazole rings is 1. The first-order valence-electron chi connectivity index (χ1n) is 12.8. The fraction of sp³-hybridized carbons (Fsp3) is 0.571. The molecule has 2 amide bonds. The first-order chi connectivity index (χ1) is 17.5. The van der Waals surface area contributed by atoms with E-state index in [-0.39, 0.29) is 50.1 Å². The Hall–Kier alpha value is -2.09. The Bertz CT molecular complexity index is 1030. The summed E-state index contributed by atoms with van der Waals surface area (Å²) in [6.45, 7) is 11.7. The van der Waals surface area contributed by atoms with Crippen molar-refractivity contribution in [3.05, 3.63) is 35.0 Å². The SMILES string of the molecule is CC(C)(C)C(C=O)NC(=O)C1CC1.CC1CCCN1C.Cc1ncsc1-c1ccc(CNC=O)c(O)c1.[W]. The van der Waals surface area contributed by atoms with Gasteiger partial charge in [0.15, 0.2) is 0 Å². The fourth-order valence-corrected chi connectivity index (χ4v) is 4.54. The van der Waals surface area contributed by atoms with Crippen molar-refractivity contribution >= 4 is 29.9 Å². The molecule has 210 valence electrons. The van der Waals surface area contributed by atoms with Gasteiger partial charge < -0.3 is 25.4 Å². The van der Waals surface area contributed by atoms with Gasteiger partial charge in [-0.3, -0.25) is 9.59 Å². The number of rotatable bonds is 7. The molecule has 2 aromatic rings. The van der Waals surface area contributed by atoms with Crippen LogP contribution in [0.15, 0.2) is 23.7 Å². The Balaban J connectivity index is 0.000000305. The zero-order chi connectivity index (χ0) is 27.6. The van der Waals surface area contributed by atoms with E-state index in [2.05, 4.69) is 34.5 Å². The Labute approximate surface area is 245 Å². The van der Waals surface area contributed by atoms with Crippen molar-refractivity contribution in [2.75, 3.05) is 13.6 Å². The van der Waals surface area contributed by atoms with Crippen molar-refractivity contribution in [3.63, 3.8) is 0 Å². The molecule has 2 unspecified atom stereocenters. The first kappa shape index (κ1) is 33.9. The third kappa shape index (κ3) is 11.0. The van der Waals surface area contributed by atoms with Crippen LogP contribution in [0.3, 0.4) is 0 Å². The van der Waals surface area contributed by atoms with Gasteiger partial charge in [0.1, 0.15) is 12.0 Å². The van der Waals surface area contributed by atoms with Crippen molar-refractivity contribution in [2.24, 2.45) is 11.3 Å². The first-order valence-corrected chi connectivity index (χ1v) is 13.7. The average molecular weight is 715 g/mol. The van der Waals surface area contributed by atoms with E-state index in [1.54, 1.807) is 29.0 Å². The molecule has 2 aliphatic rings. The van der Waals surface area contributed by atoms with Crippen LogP contribution in [0.5, 0.6) is 5.75 Å². The summed E-state index contributed by atoms with van der Waals surface area (Å²) in [6, 6.07) is 5.91. The number of nitrogens with one attached hydrogen (secondary N) is 2. The summed E-state index contributed by atoms with van der Waals surface area (Å²) >= 11 is 1.54. The summed E-state index contributed by atoms with van der Waals surface area (Å²) in [4.78, 5) is 39.9. The smallest absolute Gasteiger partial charge is 0.223 e. The summed E-state index contributed by atoms with van der Waals surface area (Å²) in [7, 11) is 2.19. The maximum absolute atomic E-state index is 11.4. The van der Waals surface area contributed by atoms with Crippen LogP contribution in [0.2, 0.25) is 0 Å². The van der Waals surface area contributed by atoms with Crippen molar-refractivity contribution in [3.8, 4) is 16.2 Å². The number of nitrogens with zero attached hydrogens (tertiary/aromatic N) is 2. The van der Waals surface area contributed by atoms with E-state index in [1.807, 2.05) is 33.8 Å². The molecular weight excluding hydrogens is 672 g/mol. The molecule has 38 heavy (non-hydrogen) atoms. The number of carbonyl (C=O) groups excluding carboxylic acids is 3. The molecular formula is C28H42N4O4SW. The molecule has 1 aliphatic heterocycles. The van der Waals surface area contributed by atoms with Gasteiger partial charge in [0.2, 0.25) is 12.3 Å². The van der Waals surface area contributed by atoms with Crippen molar-refractivity contribution in [1.82, 2.24) is 20.5 Å². The zero-order valence-electron chi connectivity index (χ0n) is 23.3. The van der Waals surface area contributed by atoms with Gasteiger partial charge in [-0.1, -0.05) is 32.9 Å². The van der Waals surface area contributed by atoms with Crippen molar-refractivity contribution < 1.29 is 40.6 Å². The number of hydrogen-bond acceptors (Lipinski definition) is 7. The van der Waals surface area contributed by atoms with Gasteiger partial charge in [-0.25, -0.2) is 4.98 Å². The number of phenolic OH excluding ortho intramolecular Hbond substituents is 1. The molecule has 0 spiro atoms. The van der Waals surface area contributed by atoms with Crippen LogP contribution in [-0.4, -0.2) is 59.3 Å². The number of hydrogen-bond donors (Lipinski definition) is 3. The quantitative estimate of drug-likeness (QED) is 0.370. The van der Waals surface area contributed by atoms with Gasteiger partial charge in [0.25, 0.3) is 0 Å². The maximum Gasteiger partial charge on any atom is 0.223 e. The molecule has 4 rings (SSSR count). The molecule has 1 aromatic carbocycles. The van der Waals surface area contributed by atoms with E-state index >= 15 is 0 Å². The molecule has 0 radical (unpaired) electrons. The maximum atomic E-state index is 11.4. The molecule has 3 N–H and O–H groups in total. The second-order valence-electron chi connectivity index (χ2n) is 10.8. The van der Waals surface area contributed by atoms with Gasteiger partial charge >= 0.3 is 0 Å². The standard InChI is InChI=1S/C12H12N2O2S.C10H17NO2.C6H13N.W/c1-8-12(17-7-14-8)9-2-3-10(5-13-6-15)11(16)4-9;1-10(2,3)8(6-12)11-9(13)7-4-5-7;1-6-4-3-5-7(6)2;/h2-4,6-7,16H,5H2,1H3,(H,13,15);6-8H,4-5H2,1-3H3,(H,11,13);6H,3-5H2,1-2H3;.